The van der Waals surface area contributed by atoms with E-state index in [1.165, 1.54) is 29.2 Å². The molecular formula is C24H24F4N2O5S. The molecule has 2 amide bonds. The van der Waals surface area contributed by atoms with Gasteiger partial charge in [0.2, 0.25) is 5.91 Å². The van der Waals surface area contributed by atoms with E-state index >= 15 is 0 Å². The van der Waals surface area contributed by atoms with Gasteiger partial charge in [-0.2, -0.15) is 13.2 Å². The number of nitrogens with two attached hydrogens (primary N) is 1. The van der Waals surface area contributed by atoms with Gasteiger partial charge in [0.05, 0.1) is 23.7 Å². The number of nitrogens with zero attached hydrogens (tertiary/aromatic N) is 1. The first-order valence-corrected chi connectivity index (χ1v) is 13.0. The van der Waals surface area contributed by atoms with Crippen molar-refractivity contribution in [2.24, 2.45) is 11.7 Å². The third kappa shape index (κ3) is 4.47. The molecule has 2 aliphatic rings. The fourth-order valence-electron chi connectivity index (χ4n) is 5.21. The molecule has 0 bridgehead atoms. The maximum atomic E-state index is 14.6. The summed E-state index contributed by atoms with van der Waals surface area (Å²) in [6, 6.07) is 7.78. The number of halogens is 4. The summed E-state index contributed by atoms with van der Waals surface area (Å²) in [5.41, 5.74) is 2.86. The summed E-state index contributed by atoms with van der Waals surface area (Å²) in [6.45, 7) is 0.389. The lowest BCUT2D eigenvalue weighted by Crippen LogP contribution is -2.62. The van der Waals surface area contributed by atoms with Crippen LogP contribution in [0.15, 0.2) is 47.4 Å². The number of hydrogen-bond acceptors (Lipinski definition) is 5. The van der Waals surface area contributed by atoms with E-state index in [-0.39, 0.29) is 42.2 Å². The topological polar surface area (TPSA) is 107 Å². The first-order chi connectivity index (χ1) is 16.8. The van der Waals surface area contributed by atoms with Crippen LogP contribution in [0.25, 0.3) is 0 Å². The van der Waals surface area contributed by atoms with Crippen LogP contribution in [0.3, 0.4) is 0 Å². The van der Waals surface area contributed by atoms with Crippen LogP contribution in [0.1, 0.15) is 40.2 Å². The van der Waals surface area contributed by atoms with Gasteiger partial charge in [-0.3, -0.25) is 9.59 Å². The van der Waals surface area contributed by atoms with Gasteiger partial charge in [-0.05, 0) is 48.7 Å². The van der Waals surface area contributed by atoms with Gasteiger partial charge in [0.25, 0.3) is 5.91 Å². The van der Waals surface area contributed by atoms with Crippen LogP contribution in [0.2, 0.25) is 0 Å². The maximum Gasteiger partial charge on any atom is 0.419 e. The quantitative estimate of drug-likeness (QED) is 0.580. The molecular weight excluding hydrogens is 504 g/mol. The molecule has 2 atom stereocenters. The summed E-state index contributed by atoms with van der Waals surface area (Å²) in [5.74, 6) is -4.39. The lowest BCUT2D eigenvalue weighted by molar-refractivity contribution is -0.140. The third-order valence-corrected chi connectivity index (χ3v) is 8.02. The van der Waals surface area contributed by atoms with Gasteiger partial charge < -0.3 is 15.4 Å². The van der Waals surface area contributed by atoms with Crippen molar-refractivity contribution in [3.63, 3.8) is 0 Å². The van der Waals surface area contributed by atoms with Crippen LogP contribution in [-0.2, 0) is 25.5 Å². The van der Waals surface area contributed by atoms with E-state index in [4.69, 9.17) is 10.5 Å². The first-order valence-electron chi connectivity index (χ1n) is 11.1. The highest BCUT2D eigenvalue weighted by Crippen LogP contribution is 2.48. The zero-order chi connectivity index (χ0) is 26.5. The monoisotopic (exact) mass is 528 g/mol. The summed E-state index contributed by atoms with van der Waals surface area (Å²) in [7, 11) is -3.63. The molecule has 0 radical (unpaired) electrons. The number of amides is 2. The van der Waals surface area contributed by atoms with E-state index in [1.807, 2.05) is 0 Å². The number of alkyl halides is 3. The van der Waals surface area contributed by atoms with Crippen molar-refractivity contribution >= 4 is 21.7 Å². The SMILES string of the molecule is CS(=O)(=O)c1cccc(C(=O)N2CCC[C@@]2(C(N)=O)[C@@H](c2ccc(C(F)(F)F)c(F)c2)C2COC2)c1. The number of carbonyl (C=O) groups is 2. The number of carbonyl (C=O) groups excluding carboxylic acids is 2. The van der Waals surface area contributed by atoms with Crippen molar-refractivity contribution in [2.75, 3.05) is 26.0 Å². The molecule has 2 aromatic carbocycles. The molecule has 4 rings (SSSR count). The van der Waals surface area contributed by atoms with Crippen LogP contribution in [0.5, 0.6) is 0 Å². The highest BCUT2D eigenvalue weighted by atomic mass is 32.2. The Balaban J connectivity index is 1.83. The van der Waals surface area contributed by atoms with Crippen molar-refractivity contribution in [1.29, 1.82) is 0 Å². The van der Waals surface area contributed by atoms with Crippen molar-refractivity contribution in [3.8, 4) is 0 Å². The number of primary amides is 1. The Bertz CT molecular complexity index is 1310. The van der Waals surface area contributed by atoms with Crippen LogP contribution in [-0.4, -0.2) is 56.7 Å². The molecule has 2 N–H and O–H groups in total. The molecule has 194 valence electrons. The predicted octanol–water partition coefficient (Wildman–Crippen LogP) is 3.14. The van der Waals surface area contributed by atoms with E-state index in [0.29, 0.717) is 12.5 Å². The molecule has 7 nitrogen and oxygen atoms in total. The molecule has 2 fully saturated rings. The minimum atomic E-state index is -4.90. The van der Waals surface area contributed by atoms with Gasteiger partial charge in [0.15, 0.2) is 9.84 Å². The molecule has 12 heteroatoms. The highest BCUT2D eigenvalue weighted by Gasteiger charge is 2.57. The van der Waals surface area contributed by atoms with Gasteiger partial charge in [-0.1, -0.05) is 12.1 Å². The van der Waals surface area contributed by atoms with Crippen molar-refractivity contribution < 1.29 is 40.3 Å². The van der Waals surface area contributed by atoms with E-state index in [2.05, 4.69) is 0 Å². The maximum absolute atomic E-state index is 14.6. The number of ether oxygens (including phenoxy) is 1. The Morgan fingerprint density at radius 2 is 1.86 bits per heavy atom. The lowest BCUT2D eigenvalue weighted by atomic mass is 9.68. The Labute approximate surface area is 205 Å². The van der Waals surface area contributed by atoms with E-state index in [9.17, 15) is 35.6 Å². The van der Waals surface area contributed by atoms with E-state index < -0.39 is 56.6 Å². The largest absolute Gasteiger partial charge is 0.419 e. The third-order valence-electron chi connectivity index (χ3n) is 6.91. The lowest BCUT2D eigenvalue weighted by Gasteiger charge is -2.47. The van der Waals surface area contributed by atoms with Crippen LogP contribution in [0, 0.1) is 11.7 Å². The molecule has 0 aromatic heterocycles. The smallest absolute Gasteiger partial charge is 0.381 e. The molecule has 2 saturated heterocycles. The van der Waals surface area contributed by atoms with Gasteiger partial charge >= 0.3 is 6.18 Å². The Morgan fingerprint density at radius 1 is 1.17 bits per heavy atom. The summed E-state index contributed by atoms with van der Waals surface area (Å²) >= 11 is 0. The molecule has 0 aliphatic carbocycles. The number of benzene rings is 2. The minimum absolute atomic E-state index is 0.00709. The zero-order valence-corrected chi connectivity index (χ0v) is 20.0. The predicted molar refractivity (Wildman–Crippen MR) is 120 cm³/mol. The average molecular weight is 529 g/mol. The fraction of sp³-hybridized carbons (Fsp3) is 0.417. The summed E-state index contributed by atoms with van der Waals surface area (Å²) in [4.78, 5) is 27.9. The molecule has 36 heavy (non-hydrogen) atoms. The summed E-state index contributed by atoms with van der Waals surface area (Å²) in [5, 5.41) is 0. The second-order valence-corrected chi connectivity index (χ2v) is 11.2. The fourth-order valence-corrected chi connectivity index (χ4v) is 5.88. The van der Waals surface area contributed by atoms with Crippen molar-refractivity contribution in [1.82, 2.24) is 4.90 Å². The standard InChI is InChI=1S/C24H24F4N2O5S/c1-36(33,34)17-5-2-4-15(10-17)21(31)30-9-3-8-23(30,22(29)32)20(16-12-35-13-16)14-6-7-18(19(25)11-14)24(26,27)28/h2,4-7,10-11,16,20H,3,8-9,12-13H2,1H3,(H2,29,32)/t20-,23-/m0/s1. The summed E-state index contributed by atoms with van der Waals surface area (Å²) in [6.07, 6.45) is -3.46. The van der Waals surface area contributed by atoms with Crippen molar-refractivity contribution in [2.45, 2.75) is 35.4 Å². The second-order valence-electron chi connectivity index (χ2n) is 9.16. The molecule has 2 heterocycles. The van der Waals surface area contributed by atoms with Crippen LogP contribution in [0.4, 0.5) is 17.6 Å². The van der Waals surface area contributed by atoms with Gasteiger partial charge in [-0.25, -0.2) is 12.8 Å². The normalized spacial score (nSPS) is 21.8. The summed E-state index contributed by atoms with van der Waals surface area (Å²) < 4.78 is 83.3. The van der Waals surface area contributed by atoms with E-state index in [0.717, 1.165) is 18.4 Å². The zero-order valence-electron chi connectivity index (χ0n) is 19.2. The molecule has 0 unspecified atom stereocenters. The Morgan fingerprint density at radius 3 is 2.39 bits per heavy atom. The van der Waals surface area contributed by atoms with Gasteiger partial charge in [0.1, 0.15) is 11.4 Å². The van der Waals surface area contributed by atoms with Gasteiger partial charge in [0, 0.05) is 30.2 Å². The number of likely N-dealkylation sites (tertiary alicyclic amines) is 1. The molecule has 0 saturated carbocycles. The Hall–Kier alpha value is -2.99. The number of hydrogen-bond donors (Lipinski definition) is 1. The highest BCUT2D eigenvalue weighted by molar-refractivity contribution is 7.90. The average Bonchev–Trinajstić information content (AvgIpc) is 3.20. The Kier molecular flexibility index (Phi) is 6.63. The van der Waals surface area contributed by atoms with Crippen LogP contribution < -0.4 is 5.73 Å². The van der Waals surface area contributed by atoms with Crippen LogP contribution >= 0.6 is 0 Å². The molecule has 2 aromatic rings. The van der Waals surface area contributed by atoms with Crippen molar-refractivity contribution in [3.05, 3.63) is 65.0 Å². The minimum Gasteiger partial charge on any atom is -0.381 e. The number of sulfone groups is 1. The second kappa shape index (κ2) is 9.15. The molecule has 0 spiro atoms. The number of rotatable bonds is 6. The first kappa shape index (κ1) is 26.1. The molecule has 2 aliphatic heterocycles. The van der Waals surface area contributed by atoms with E-state index in [1.54, 1.807) is 0 Å². The van der Waals surface area contributed by atoms with Gasteiger partial charge in [-0.15, -0.1) is 0 Å².